The van der Waals surface area contributed by atoms with Crippen molar-refractivity contribution in [3.63, 3.8) is 0 Å². The first-order valence-electron chi connectivity index (χ1n) is 13.0. The number of hydrogen-bond acceptors (Lipinski definition) is 6. The third kappa shape index (κ3) is 4.28. The second-order valence-corrected chi connectivity index (χ2v) is 9.82. The number of aryl methyl sites for hydroxylation is 1. The number of rotatable bonds is 8. The highest BCUT2D eigenvalue weighted by Crippen LogP contribution is 2.41. The van der Waals surface area contributed by atoms with Gasteiger partial charge in [-0.1, -0.05) is 49.6 Å². The van der Waals surface area contributed by atoms with E-state index in [0.29, 0.717) is 40.4 Å². The fourth-order valence-electron chi connectivity index (χ4n) is 5.20. The van der Waals surface area contributed by atoms with E-state index in [1.807, 2.05) is 61.5 Å². The highest BCUT2D eigenvalue weighted by atomic mass is 16.7. The first kappa shape index (κ1) is 24.1. The number of unbranched alkanes of at least 4 members (excludes halogenated alkanes) is 2. The molecule has 0 spiro atoms. The highest BCUT2D eigenvalue weighted by Gasteiger charge is 2.43. The molecule has 3 heterocycles. The van der Waals surface area contributed by atoms with Crippen molar-refractivity contribution in [1.82, 2.24) is 4.90 Å². The summed E-state index contributed by atoms with van der Waals surface area (Å²) in [5.74, 6) is 1.79. The molecule has 1 aromatic heterocycles. The Kier molecular flexibility index (Phi) is 6.27. The molecule has 0 radical (unpaired) electrons. The molecule has 1 unspecified atom stereocenters. The molecule has 7 heteroatoms. The molecule has 4 aromatic rings. The maximum Gasteiger partial charge on any atom is 0.291 e. The first-order valence-corrected chi connectivity index (χ1v) is 13.0. The van der Waals surface area contributed by atoms with E-state index >= 15 is 0 Å². The molecule has 2 aliphatic heterocycles. The summed E-state index contributed by atoms with van der Waals surface area (Å²) in [5.41, 5.74) is 3.18. The van der Waals surface area contributed by atoms with Crippen LogP contribution in [0.25, 0.3) is 11.0 Å². The minimum Gasteiger partial charge on any atom is -0.494 e. The van der Waals surface area contributed by atoms with Crippen molar-refractivity contribution < 1.29 is 23.4 Å². The van der Waals surface area contributed by atoms with Crippen LogP contribution < -0.4 is 19.6 Å². The van der Waals surface area contributed by atoms with E-state index in [1.54, 1.807) is 11.0 Å². The summed E-state index contributed by atoms with van der Waals surface area (Å²) < 4.78 is 23.1. The number of ether oxygens (including phenoxy) is 3. The van der Waals surface area contributed by atoms with Gasteiger partial charge in [0.1, 0.15) is 11.3 Å². The normalized spacial score (nSPS) is 15.8. The molecule has 38 heavy (non-hydrogen) atoms. The van der Waals surface area contributed by atoms with Gasteiger partial charge in [-0.15, -0.1) is 0 Å². The van der Waals surface area contributed by atoms with Crippen LogP contribution in [0.1, 0.15) is 65.0 Å². The predicted octanol–water partition coefficient (Wildman–Crippen LogP) is 6.14. The Morgan fingerprint density at radius 1 is 0.974 bits per heavy atom. The molecule has 0 aliphatic carbocycles. The number of carbonyl (C=O) groups excluding carboxylic acids is 1. The smallest absolute Gasteiger partial charge is 0.291 e. The van der Waals surface area contributed by atoms with Crippen molar-refractivity contribution in [2.45, 2.75) is 45.7 Å². The van der Waals surface area contributed by atoms with Gasteiger partial charge in [-0.25, -0.2) is 0 Å². The fourth-order valence-corrected chi connectivity index (χ4v) is 5.20. The second kappa shape index (κ2) is 9.89. The predicted molar refractivity (Wildman–Crippen MR) is 143 cm³/mol. The number of amides is 1. The highest BCUT2D eigenvalue weighted by molar-refractivity contribution is 5.99. The summed E-state index contributed by atoms with van der Waals surface area (Å²) in [4.78, 5) is 29.4. The van der Waals surface area contributed by atoms with Crippen molar-refractivity contribution in [1.29, 1.82) is 0 Å². The summed E-state index contributed by atoms with van der Waals surface area (Å²) in [5, 5.41) is 0.471. The van der Waals surface area contributed by atoms with Gasteiger partial charge < -0.3 is 23.5 Å². The Labute approximate surface area is 220 Å². The van der Waals surface area contributed by atoms with Crippen LogP contribution in [0.4, 0.5) is 0 Å². The van der Waals surface area contributed by atoms with Crippen molar-refractivity contribution in [3.05, 3.63) is 98.9 Å². The van der Waals surface area contributed by atoms with Gasteiger partial charge in [0.15, 0.2) is 16.9 Å². The number of benzene rings is 3. The Morgan fingerprint density at radius 3 is 2.71 bits per heavy atom. The summed E-state index contributed by atoms with van der Waals surface area (Å²) in [6.07, 6.45) is 3.18. The Morgan fingerprint density at radius 2 is 1.84 bits per heavy atom. The van der Waals surface area contributed by atoms with Crippen LogP contribution in [0.3, 0.4) is 0 Å². The molecule has 0 saturated heterocycles. The lowest BCUT2D eigenvalue weighted by Gasteiger charge is -2.25. The summed E-state index contributed by atoms with van der Waals surface area (Å²) >= 11 is 0. The minimum atomic E-state index is -0.622. The molecule has 7 nitrogen and oxygen atoms in total. The van der Waals surface area contributed by atoms with Gasteiger partial charge in [0.2, 0.25) is 12.6 Å². The van der Waals surface area contributed by atoms with Gasteiger partial charge in [0.25, 0.3) is 5.91 Å². The maximum absolute atomic E-state index is 13.9. The topological polar surface area (TPSA) is 78.2 Å². The van der Waals surface area contributed by atoms with Gasteiger partial charge in [-0.3, -0.25) is 9.59 Å². The van der Waals surface area contributed by atoms with Crippen molar-refractivity contribution in [2.75, 3.05) is 13.4 Å². The average Bonchev–Trinajstić information content (AvgIpc) is 3.50. The Bertz CT molecular complexity index is 1590. The summed E-state index contributed by atoms with van der Waals surface area (Å²) in [6, 6.07) is 18.1. The zero-order valence-corrected chi connectivity index (χ0v) is 21.5. The zero-order chi connectivity index (χ0) is 26.2. The third-order valence-electron chi connectivity index (χ3n) is 7.10. The monoisotopic (exact) mass is 511 g/mol. The number of fused-ring (bicyclic) bond motifs is 3. The van der Waals surface area contributed by atoms with Gasteiger partial charge >= 0.3 is 0 Å². The number of hydrogen-bond donors (Lipinski definition) is 0. The molecule has 6 rings (SSSR count). The van der Waals surface area contributed by atoms with Crippen LogP contribution >= 0.6 is 0 Å². The van der Waals surface area contributed by atoms with Crippen LogP contribution in [0.2, 0.25) is 0 Å². The number of nitrogens with zero attached hydrogens (tertiary/aromatic N) is 1. The van der Waals surface area contributed by atoms with E-state index < -0.39 is 6.04 Å². The lowest BCUT2D eigenvalue weighted by molar-refractivity contribution is 0.0714. The average molecular weight is 512 g/mol. The fraction of sp³-hybridized carbons (Fsp3) is 0.290. The van der Waals surface area contributed by atoms with Crippen molar-refractivity contribution in [2.24, 2.45) is 0 Å². The van der Waals surface area contributed by atoms with Gasteiger partial charge in [0.05, 0.1) is 23.6 Å². The van der Waals surface area contributed by atoms with Crippen LogP contribution in [-0.2, 0) is 6.54 Å². The lowest BCUT2D eigenvalue weighted by atomic mass is 9.97. The van der Waals surface area contributed by atoms with E-state index in [-0.39, 0.29) is 30.4 Å². The first-order chi connectivity index (χ1) is 18.5. The molecule has 0 fully saturated rings. The molecule has 194 valence electrons. The van der Waals surface area contributed by atoms with E-state index in [1.165, 1.54) is 0 Å². The van der Waals surface area contributed by atoms with Crippen LogP contribution in [-0.4, -0.2) is 24.2 Å². The second-order valence-electron chi connectivity index (χ2n) is 9.82. The molecule has 1 amide bonds. The Balaban J connectivity index is 1.44. The molecule has 1 atom stereocenters. The van der Waals surface area contributed by atoms with E-state index in [9.17, 15) is 9.59 Å². The SMILES string of the molecule is CCCCCOc1cccc(C2c3c(oc4ccc(C)cc4c3=O)C(=O)N2Cc2ccc3c(c2)OCO3)c1. The van der Waals surface area contributed by atoms with E-state index in [2.05, 4.69) is 6.92 Å². The minimum absolute atomic E-state index is 0.0892. The van der Waals surface area contributed by atoms with E-state index in [0.717, 1.165) is 36.0 Å². The molecule has 2 aliphatic rings. The number of carbonyl (C=O) groups is 1. The molecular formula is C31H29NO6. The standard InChI is InChI=1S/C31H29NO6/c1-3-4-5-13-35-22-8-6-7-21(16-22)28-27-29(33)23-14-19(2)9-11-24(23)38-30(27)31(34)32(28)17-20-10-12-25-26(15-20)37-18-36-25/h6-12,14-16,28H,3-5,13,17-18H2,1-2H3. The van der Waals surface area contributed by atoms with Gasteiger partial charge in [-0.2, -0.15) is 0 Å². The van der Waals surface area contributed by atoms with Crippen LogP contribution in [0, 0.1) is 6.92 Å². The van der Waals surface area contributed by atoms with Gasteiger partial charge in [-0.05, 0) is 60.9 Å². The summed E-state index contributed by atoms with van der Waals surface area (Å²) in [6.45, 7) is 5.14. The maximum atomic E-state index is 13.9. The quantitative estimate of drug-likeness (QED) is 0.264. The molecular weight excluding hydrogens is 482 g/mol. The molecule has 3 aromatic carbocycles. The Hall–Kier alpha value is -4.26. The molecule has 0 bridgehead atoms. The zero-order valence-electron chi connectivity index (χ0n) is 21.5. The molecule has 0 N–H and O–H groups in total. The van der Waals surface area contributed by atoms with Crippen LogP contribution in [0.15, 0.2) is 69.9 Å². The molecule has 0 saturated carbocycles. The van der Waals surface area contributed by atoms with Gasteiger partial charge in [0, 0.05) is 6.54 Å². The summed E-state index contributed by atoms with van der Waals surface area (Å²) in [7, 11) is 0. The lowest BCUT2D eigenvalue weighted by Crippen LogP contribution is -2.29. The third-order valence-corrected chi connectivity index (χ3v) is 7.10. The van der Waals surface area contributed by atoms with E-state index in [4.69, 9.17) is 18.6 Å². The van der Waals surface area contributed by atoms with Crippen molar-refractivity contribution >= 4 is 16.9 Å². The largest absolute Gasteiger partial charge is 0.494 e. The van der Waals surface area contributed by atoms with Crippen molar-refractivity contribution in [3.8, 4) is 17.2 Å². The van der Waals surface area contributed by atoms with Crippen LogP contribution in [0.5, 0.6) is 17.2 Å².